The van der Waals surface area contributed by atoms with E-state index in [4.69, 9.17) is 0 Å². The molecule has 0 aromatic rings. The van der Waals surface area contributed by atoms with E-state index in [1.54, 1.807) is 0 Å². The maximum atomic E-state index is 3.68. The van der Waals surface area contributed by atoms with Gasteiger partial charge in [0.25, 0.3) is 0 Å². The molecule has 0 radical (unpaired) electrons. The van der Waals surface area contributed by atoms with Crippen LogP contribution in [0.1, 0.15) is 19.8 Å². The van der Waals surface area contributed by atoms with E-state index in [0.717, 1.165) is 0 Å². The molecule has 0 N–H and O–H groups in total. The lowest BCUT2D eigenvalue weighted by Crippen LogP contribution is -2.32. The molecule has 0 aromatic heterocycles. The van der Waals surface area contributed by atoms with Gasteiger partial charge in [0, 0.05) is 6.54 Å². The molecular formula is C10H17N. The minimum atomic E-state index is 0.714. The van der Waals surface area contributed by atoms with Crippen LogP contribution in [0, 0.1) is 5.92 Å². The SMILES string of the molecule is C=C=C(C)C1CCCN(C)C1. The molecule has 0 amide bonds. The molecule has 0 aliphatic carbocycles. The molecule has 0 spiro atoms. The molecule has 0 saturated carbocycles. The fourth-order valence-corrected chi connectivity index (χ4v) is 1.66. The molecule has 1 atom stereocenters. The summed E-state index contributed by atoms with van der Waals surface area (Å²) in [6.07, 6.45) is 2.64. The average Bonchev–Trinajstić information content (AvgIpc) is 2.03. The summed E-state index contributed by atoms with van der Waals surface area (Å²) in [5.74, 6) is 0.714. The van der Waals surface area contributed by atoms with Crippen LogP contribution in [0.2, 0.25) is 0 Å². The molecule has 1 heteroatoms. The Morgan fingerprint density at radius 3 is 2.91 bits per heavy atom. The van der Waals surface area contributed by atoms with Gasteiger partial charge in [-0.3, -0.25) is 0 Å². The van der Waals surface area contributed by atoms with E-state index in [-0.39, 0.29) is 0 Å². The van der Waals surface area contributed by atoms with Crippen LogP contribution in [0.15, 0.2) is 17.9 Å². The quantitative estimate of drug-likeness (QED) is 0.518. The molecule has 1 aliphatic heterocycles. The van der Waals surface area contributed by atoms with Crippen molar-refractivity contribution in [3.63, 3.8) is 0 Å². The standard InChI is InChI=1S/C10H17N/c1-4-9(2)10-6-5-7-11(3)8-10/h10H,1,5-8H2,2-3H3. The van der Waals surface area contributed by atoms with E-state index < -0.39 is 0 Å². The predicted octanol–water partition coefficient (Wildman–Crippen LogP) is 2.06. The highest BCUT2D eigenvalue weighted by Gasteiger charge is 2.17. The Morgan fingerprint density at radius 2 is 2.36 bits per heavy atom. The van der Waals surface area contributed by atoms with Crippen molar-refractivity contribution in [2.45, 2.75) is 19.8 Å². The highest BCUT2D eigenvalue weighted by atomic mass is 15.1. The maximum absolute atomic E-state index is 3.68. The lowest BCUT2D eigenvalue weighted by atomic mass is 9.92. The van der Waals surface area contributed by atoms with Gasteiger partial charge in [-0.05, 0) is 44.8 Å². The molecule has 1 aliphatic rings. The Kier molecular flexibility index (Phi) is 2.92. The third-order valence-corrected chi connectivity index (χ3v) is 2.52. The molecule has 0 aromatic carbocycles. The van der Waals surface area contributed by atoms with Crippen LogP contribution in [-0.4, -0.2) is 25.0 Å². The highest BCUT2D eigenvalue weighted by molar-refractivity contribution is 5.02. The number of hydrogen-bond donors (Lipinski definition) is 0. The first-order valence-corrected chi connectivity index (χ1v) is 4.29. The van der Waals surface area contributed by atoms with Gasteiger partial charge in [-0.15, -0.1) is 5.73 Å². The van der Waals surface area contributed by atoms with E-state index in [1.807, 2.05) is 0 Å². The van der Waals surface area contributed by atoms with Gasteiger partial charge in [0.1, 0.15) is 0 Å². The van der Waals surface area contributed by atoms with Crippen LogP contribution in [0.4, 0.5) is 0 Å². The van der Waals surface area contributed by atoms with E-state index in [9.17, 15) is 0 Å². The number of piperidine rings is 1. The Balaban J connectivity index is 2.52. The molecule has 1 nitrogen and oxygen atoms in total. The van der Waals surface area contributed by atoms with Gasteiger partial charge in [0.15, 0.2) is 0 Å². The third-order valence-electron chi connectivity index (χ3n) is 2.52. The number of likely N-dealkylation sites (tertiary alicyclic amines) is 1. The Bertz CT molecular complexity index is 177. The minimum absolute atomic E-state index is 0.714. The molecule has 1 fully saturated rings. The van der Waals surface area contributed by atoms with Crippen molar-refractivity contribution in [2.24, 2.45) is 5.92 Å². The van der Waals surface area contributed by atoms with Crippen LogP contribution in [0.25, 0.3) is 0 Å². The molecular weight excluding hydrogens is 134 g/mol. The number of nitrogens with zero attached hydrogens (tertiary/aromatic N) is 1. The van der Waals surface area contributed by atoms with E-state index in [2.05, 4.69) is 31.2 Å². The smallest absolute Gasteiger partial charge is 0.00500 e. The first-order chi connectivity index (χ1) is 5.24. The van der Waals surface area contributed by atoms with Crippen molar-refractivity contribution in [1.82, 2.24) is 4.90 Å². The molecule has 0 bridgehead atoms. The van der Waals surface area contributed by atoms with Gasteiger partial charge in [-0.1, -0.05) is 6.58 Å². The van der Waals surface area contributed by atoms with Crippen molar-refractivity contribution in [1.29, 1.82) is 0 Å². The fraction of sp³-hybridized carbons (Fsp3) is 0.700. The lowest BCUT2D eigenvalue weighted by molar-refractivity contribution is 0.231. The summed E-state index contributed by atoms with van der Waals surface area (Å²) < 4.78 is 0. The Morgan fingerprint density at radius 1 is 1.64 bits per heavy atom. The van der Waals surface area contributed by atoms with Crippen LogP contribution < -0.4 is 0 Å². The summed E-state index contributed by atoms with van der Waals surface area (Å²) >= 11 is 0. The van der Waals surface area contributed by atoms with E-state index >= 15 is 0 Å². The average molecular weight is 151 g/mol. The normalized spacial score (nSPS) is 26.2. The second-order valence-electron chi connectivity index (χ2n) is 3.46. The number of hydrogen-bond acceptors (Lipinski definition) is 1. The second kappa shape index (κ2) is 3.75. The summed E-state index contributed by atoms with van der Waals surface area (Å²) in [6.45, 7) is 8.26. The third kappa shape index (κ3) is 2.21. The number of rotatable bonds is 1. The molecule has 1 rings (SSSR count). The molecule has 1 unspecified atom stereocenters. The summed E-state index contributed by atoms with van der Waals surface area (Å²) in [4.78, 5) is 2.38. The van der Waals surface area contributed by atoms with Crippen LogP contribution in [-0.2, 0) is 0 Å². The summed E-state index contributed by atoms with van der Waals surface area (Å²) in [5.41, 5.74) is 4.33. The monoisotopic (exact) mass is 151 g/mol. The van der Waals surface area contributed by atoms with Crippen molar-refractivity contribution in [3.05, 3.63) is 17.9 Å². The van der Waals surface area contributed by atoms with Gasteiger partial charge in [0.2, 0.25) is 0 Å². The Hall–Kier alpha value is -0.520. The largest absolute Gasteiger partial charge is 0.306 e. The van der Waals surface area contributed by atoms with Gasteiger partial charge in [0.05, 0.1) is 0 Å². The highest BCUT2D eigenvalue weighted by Crippen LogP contribution is 2.21. The zero-order valence-electron chi connectivity index (χ0n) is 7.56. The van der Waals surface area contributed by atoms with Gasteiger partial charge >= 0.3 is 0 Å². The molecule has 11 heavy (non-hydrogen) atoms. The van der Waals surface area contributed by atoms with E-state index in [1.165, 1.54) is 31.5 Å². The zero-order valence-corrected chi connectivity index (χ0v) is 7.56. The molecule has 1 saturated heterocycles. The first kappa shape index (κ1) is 8.58. The van der Waals surface area contributed by atoms with Crippen molar-refractivity contribution < 1.29 is 0 Å². The summed E-state index contributed by atoms with van der Waals surface area (Å²) in [5, 5.41) is 0. The van der Waals surface area contributed by atoms with Crippen molar-refractivity contribution in [2.75, 3.05) is 20.1 Å². The molecule has 62 valence electrons. The topological polar surface area (TPSA) is 3.24 Å². The maximum Gasteiger partial charge on any atom is 0.00500 e. The van der Waals surface area contributed by atoms with Gasteiger partial charge in [-0.25, -0.2) is 0 Å². The zero-order chi connectivity index (χ0) is 8.27. The first-order valence-electron chi connectivity index (χ1n) is 4.29. The van der Waals surface area contributed by atoms with Crippen molar-refractivity contribution in [3.8, 4) is 0 Å². The lowest BCUT2D eigenvalue weighted by Gasteiger charge is -2.29. The van der Waals surface area contributed by atoms with Crippen LogP contribution in [0.5, 0.6) is 0 Å². The second-order valence-corrected chi connectivity index (χ2v) is 3.46. The summed E-state index contributed by atoms with van der Waals surface area (Å²) in [6, 6.07) is 0. The fourth-order valence-electron chi connectivity index (χ4n) is 1.66. The Labute approximate surface area is 69.4 Å². The predicted molar refractivity (Wildman–Crippen MR) is 48.5 cm³/mol. The summed E-state index contributed by atoms with van der Waals surface area (Å²) in [7, 11) is 2.18. The van der Waals surface area contributed by atoms with Crippen LogP contribution >= 0.6 is 0 Å². The van der Waals surface area contributed by atoms with Crippen molar-refractivity contribution >= 4 is 0 Å². The van der Waals surface area contributed by atoms with Crippen LogP contribution in [0.3, 0.4) is 0 Å². The van der Waals surface area contributed by atoms with E-state index in [0.29, 0.717) is 5.92 Å². The van der Waals surface area contributed by atoms with Gasteiger partial charge < -0.3 is 4.90 Å². The minimum Gasteiger partial charge on any atom is -0.306 e. The van der Waals surface area contributed by atoms with Gasteiger partial charge in [-0.2, -0.15) is 0 Å². The molecule has 1 heterocycles.